The van der Waals surface area contributed by atoms with E-state index in [2.05, 4.69) is 16.1 Å². The number of hydrogen-bond acceptors (Lipinski definition) is 2. The molecule has 1 aliphatic rings. The Morgan fingerprint density at radius 1 is 1.31 bits per heavy atom. The lowest BCUT2D eigenvalue weighted by Crippen LogP contribution is -2.00. The van der Waals surface area contributed by atoms with Gasteiger partial charge in [-0.1, -0.05) is 6.07 Å². The van der Waals surface area contributed by atoms with E-state index in [1.807, 2.05) is 29.1 Å². The quantitative estimate of drug-likeness (QED) is 0.764. The van der Waals surface area contributed by atoms with E-state index in [0.29, 0.717) is 11.8 Å². The lowest BCUT2D eigenvalue weighted by Gasteiger charge is -2.01. The lowest BCUT2D eigenvalue weighted by molar-refractivity contribution is 0.808. The van der Waals surface area contributed by atoms with E-state index in [4.69, 9.17) is 11.6 Å². The van der Waals surface area contributed by atoms with E-state index in [-0.39, 0.29) is 0 Å². The van der Waals surface area contributed by atoms with Crippen molar-refractivity contribution in [3.63, 3.8) is 0 Å². The van der Waals surface area contributed by atoms with Crippen LogP contribution in [0.3, 0.4) is 0 Å². The Kier molecular flexibility index (Phi) is 2.40. The average molecular weight is 234 g/mol. The Hall–Kier alpha value is -1.35. The van der Waals surface area contributed by atoms with Crippen LogP contribution >= 0.6 is 11.6 Å². The molecule has 0 saturated heterocycles. The number of rotatable bonds is 3. The van der Waals surface area contributed by atoms with Crippen LogP contribution in [0.1, 0.15) is 30.1 Å². The summed E-state index contributed by atoms with van der Waals surface area (Å²) in [5, 5.41) is 4.53. The van der Waals surface area contributed by atoms with Crippen molar-refractivity contribution in [1.82, 2.24) is 14.8 Å². The Morgan fingerprint density at radius 3 is 2.94 bits per heavy atom. The van der Waals surface area contributed by atoms with Crippen molar-refractivity contribution in [2.75, 3.05) is 0 Å². The molecular formula is C12H12ClN3. The molecule has 0 spiro atoms. The van der Waals surface area contributed by atoms with Crippen LogP contribution in [0.4, 0.5) is 0 Å². The van der Waals surface area contributed by atoms with Crippen LogP contribution in [0.25, 0.3) is 5.82 Å². The van der Waals surface area contributed by atoms with Gasteiger partial charge in [0.15, 0.2) is 5.82 Å². The average Bonchev–Trinajstić information content (AvgIpc) is 3.07. The minimum Gasteiger partial charge on any atom is -0.232 e. The molecule has 0 amide bonds. The van der Waals surface area contributed by atoms with Crippen molar-refractivity contribution >= 4 is 11.6 Å². The molecule has 1 fully saturated rings. The molecule has 0 N–H and O–H groups in total. The summed E-state index contributed by atoms with van der Waals surface area (Å²) >= 11 is 5.76. The smallest absolute Gasteiger partial charge is 0.153 e. The van der Waals surface area contributed by atoms with Crippen molar-refractivity contribution < 1.29 is 0 Å². The molecule has 0 aromatic carbocycles. The summed E-state index contributed by atoms with van der Waals surface area (Å²) in [5.74, 6) is 1.95. The number of alkyl halides is 1. The van der Waals surface area contributed by atoms with E-state index in [0.717, 1.165) is 11.5 Å². The maximum Gasteiger partial charge on any atom is 0.153 e. The van der Waals surface area contributed by atoms with Gasteiger partial charge < -0.3 is 0 Å². The van der Waals surface area contributed by atoms with Crippen LogP contribution < -0.4 is 0 Å². The standard InChI is InChI=1S/C12H12ClN3/c13-8-10-2-1-3-12(14-10)16-7-6-11(15-16)9-4-5-9/h1-3,6-7,9H,4-5,8H2. The Morgan fingerprint density at radius 2 is 2.19 bits per heavy atom. The second kappa shape index (κ2) is 3.91. The van der Waals surface area contributed by atoms with E-state index in [1.54, 1.807) is 0 Å². The molecule has 0 bridgehead atoms. The minimum atomic E-state index is 0.435. The minimum absolute atomic E-state index is 0.435. The number of halogens is 1. The van der Waals surface area contributed by atoms with Crippen LogP contribution in [-0.2, 0) is 5.88 Å². The molecule has 1 saturated carbocycles. The van der Waals surface area contributed by atoms with Crippen molar-refractivity contribution in [2.24, 2.45) is 0 Å². The lowest BCUT2D eigenvalue weighted by atomic mass is 10.3. The van der Waals surface area contributed by atoms with Crippen molar-refractivity contribution in [3.8, 4) is 5.82 Å². The van der Waals surface area contributed by atoms with E-state index in [9.17, 15) is 0 Å². The molecule has 2 aromatic heterocycles. The SMILES string of the molecule is ClCc1cccc(-n2ccc(C3CC3)n2)n1. The Balaban J connectivity index is 1.93. The first-order valence-electron chi connectivity index (χ1n) is 5.44. The molecule has 1 aliphatic carbocycles. The predicted molar refractivity (Wildman–Crippen MR) is 62.9 cm³/mol. The zero-order chi connectivity index (χ0) is 11.0. The molecule has 16 heavy (non-hydrogen) atoms. The molecule has 4 heteroatoms. The van der Waals surface area contributed by atoms with Gasteiger partial charge in [0.1, 0.15) is 0 Å². The van der Waals surface area contributed by atoms with Gasteiger partial charge >= 0.3 is 0 Å². The monoisotopic (exact) mass is 233 g/mol. The normalized spacial score (nSPS) is 15.3. The maximum absolute atomic E-state index is 5.76. The number of nitrogens with zero attached hydrogens (tertiary/aromatic N) is 3. The van der Waals surface area contributed by atoms with Gasteiger partial charge in [-0.2, -0.15) is 5.10 Å². The van der Waals surface area contributed by atoms with Crippen LogP contribution in [0, 0.1) is 0 Å². The number of hydrogen-bond donors (Lipinski definition) is 0. The third kappa shape index (κ3) is 1.83. The number of aromatic nitrogens is 3. The molecule has 0 atom stereocenters. The molecule has 0 aliphatic heterocycles. The van der Waals surface area contributed by atoms with Crippen LogP contribution in [0.15, 0.2) is 30.5 Å². The van der Waals surface area contributed by atoms with Gasteiger partial charge in [0.25, 0.3) is 0 Å². The van der Waals surface area contributed by atoms with Crippen LogP contribution in [0.2, 0.25) is 0 Å². The second-order valence-corrected chi connectivity index (χ2v) is 4.35. The predicted octanol–water partition coefficient (Wildman–Crippen LogP) is 2.88. The third-order valence-electron chi connectivity index (χ3n) is 2.77. The highest BCUT2D eigenvalue weighted by Gasteiger charge is 2.25. The topological polar surface area (TPSA) is 30.7 Å². The highest BCUT2D eigenvalue weighted by Crippen LogP contribution is 2.38. The van der Waals surface area contributed by atoms with Gasteiger partial charge in [0, 0.05) is 12.1 Å². The fourth-order valence-electron chi connectivity index (χ4n) is 1.73. The third-order valence-corrected chi connectivity index (χ3v) is 3.04. The zero-order valence-electron chi connectivity index (χ0n) is 8.81. The highest BCUT2D eigenvalue weighted by molar-refractivity contribution is 6.16. The van der Waals surface area contributed by atoms with Gasteiger partial charge in [-0.25, -0.2) is 9.67 Å². The van der Waals surface area contributed by atoms with E-state index < -0.39 is 0 Å². The molecule has 0 unspecified atom stereocenters. The summed E-state index contributed by atoms with van der Waals surface area (Å²) in [6.07, 6.45) is 4.51. The van der Waals surface area contributed by atoms with Crippen molar-refractivity contribution in [1.29, 1.82) is 0 Å². The fourth-order valence-corrected chi connectivity index (χ4v) is 1.88. The summed E-state index contributed by atoms with van der Waals surface area (Å²) in [6, 6.07) is 7.90. The van der Waals surface area contributed by atoms with Gasteiger partial charge in [-0.05, 0) is 31.0 Å². The zero-order valence-corrected chi connectivity index (χ0v) is 9.56. The molecule has 2 heterocycles. The van der Waals surface area contributed by atoms with E-state index >= 15 is 0 Å². The summed E-state index contributed by atoms with van der Waals surface area (Å²) in [7, 11) is 0. The van der Waals surface area contributed by atoms with E-state index in [1.165, 1.54) is 18.5 Å². The molecule has 3 rings (SSSR count). The highest BCUT2D eigenvalue weighted by atomic mass is 35.5. The Labute approximate surface area is 99.1 Å². The van der Waals surface area contributed by atoms with Gasteiger partial charge in [0.2, 0.25) is 0 Å². The fraction of sp³-hybridized carbons (Fsp3) is 0.333. The molecule has 82 valence electrons. The summed E-state index contributed by atoms with van der Waals surface area (Å²) in [6.45, 7) is 0. The summed E-state index contributed by atoms with van der Waals surface area (Å²) < 4.78 is 1.82. The Bertz CT molecular complexity index is 502. The van der Waals surface area contributed by atoms with Crippen molar-refractivity contribution in [3.05, 3.63) is 41.9 Å². The number of pyridine rings is 1. The second-order valence-electron chi connectivity index (χ2n) is 4.08. The summed E-state index contributed by atoms with van der Waals surface area (Å²) in [4.78, 5) is 4.42. The van der Waals surface area contributed by atoms with Gasteiger partial charge in [-0.3, -0.25) is 0 Å². The maximum atomic E-state index is 5.76. The molecular weight excluding hydrogens is 222 g/mol. The molecule has 0 radical (unpaired) electrons. The van der Waals surface area contributed by atoms with Gasteiger partial charge in [-0.15, -0.1) is 11.6 Å². The van der Waals surface area contributed by atoms with Crippen molar-refractivity contribution in [2.45, 2.75) is 24.6 Å². The first kappa shape index (κ1) is 9.85. The molecule has 2 aromatic rings. The van der Waals surface area contributed by atoms with Crippen LogP contribution in [-0.4, -0.2) is 14.8 Å². The first-order chi connectivity index (χ1) is 7.86. The first-order valence-corrected chi connectivity index (χ1v) is 5.98. The largest absolute Gasteiger partial charge is 0.232 e. The summed E-state index contributed by atoms with van der Waals surface area (Å²) in [5.41, 5.74) is 2.06. The molecule has 3 nitrogen and oxygen atoms in total. The van der Waals surface area contributed by atoms with Crippen LogP contribution in [0.5, 0.6) is 0 Å². The van der Waals surface area contributed by atoms with Gasteiger partial charge in [0.05, 0.1) is 17.3 Å².